The summed E-state index contributed by atoms with van der Waals surface area (Å²) in [6.45, 7) is 5.61. The Hall–Kier alpha value is -1.34. The molecule has 25 heavy (non-hydrogen) atoms. The molecule has 1 saturated heterocycles. The number of carbonyl (C=O) groups is 1. The van der Waals surface area contributed by atoms with Crippen LogP contribution in [0, 0.1) is 0 Å². The minimum Gasteiger partial charge on any atom is -0.332 e. The first-order valence-electron chi connectivity index (χ1n) is 7.86. The van der Waals surface area contributed by atoms with Crippen LogP contribution in [0.15, 0.2) is 46.3 Å². The van der Waals surface area contributed by atoms with Crippen molar-refractivity contribution in [1.82, 2.24) is 20.4 Å². The van der Waals surface area contributed by atoms with E-state index in [2.05, 4.69) is 22.4 Å². The summed E-state index contributed by atoms with van der Waals surface area (Å²) in [7, 11) is 0. The van der Waals surface area contributed by atoms with E-state index < -0.39 is 0 Å². The Morgan fingerprint density at radius 2 is 2.00 bits per heavy atom. The average Bonchev–Trinajstić information content (AvgIpc) is 2.59. The highest BCUT2D eigenvalue weighted by Gasteiger charge is 2.29. The average molecular weight is 399 g/mol. The zero-order valence-electron chi connectivity index (χ0n) is 14.0. The van der Waals surface area contributed by atoms with Gasteiger partial charge in [-0.25, -0.2) is 0 Å². The highest BCUT2D eigenvalue weighted by molar-refractivity contribution is 7.99. The number of piperazine rings is 1. The fourth-order valence-corrected chi connectivity index (χ4v) is 3.63. The van der Waals surface area contributed by atoms with Crippen LogP contribution in [0.3, 0.4) is 0 Å². The number of benzene rings is 1. The minimum atomic E-state index is -0.0716. The van der Waals surface area contributed by atoms with E-state index in [9.17, 15) is 4.79 Å². The van der Waals surface area contributed by atoms with Crippen LogP contribution in [0.2, 0.25) is 5.02 Å². The smallest absolute Gasteiger partial charge is 0.274 e. The van der Waals surface area contributed by atoms with Crippen molar-refractivity contribution >= 4 is 41.7 Å². The number of nitrogens with zero attached hydrogens (tertiary/aromatic N) is 3. The highest BCUT2D eigenvalue weighted by atomic mass is 35.5. The zero-order valence-corrected chi connectivity index (χ0v) is 16.4. The van der Waals surface area contributed by atoms with Gasteiger partial charge in [-0.15, -0.1) is 22.6 Å². The second-order valence-corrected chi connectivity index (χ2v) is 7.24. The molecule has 0 spiro atoms. The van der Waals surface area contributed by atoms with Crippen LogP contribution in [-0.4, -0.2) is 46.2 Å². The fourth-order valence-electron chi connectivity index (χ4n) is 2.62. The molecular weight excluding hydrogens is 379 g/mol. The molecule has 0 bridgehead atoms. The first-order valence-corrected chi connectivity index (χ1v) is 9.06. The minimum absolute atomic E-state index is 0. The normalized spacial score (nSPS) is 20.0. The van der Waals surface area contributed by atoms with Gasteiger partial charge in [-0.1, -0.05) is 35.5 Å². The molecule has 5 nitrogen and oxygen atoms in total. The number of carbonyl (C=O) groups excluding carboxylic acids is 1. The number of hydrogen-bond donors (Lipinski definition) is 1. The first kappa shape index (κ1) is 20.0. The summed E-state index contributed by atoms with van der Waals surface area (Å²) in [5, 5.41) is 13.0. The molecule has 0 aliphatic carbocycles. The van der Waals surface area contributed by atoms with Crippen LogP contribution in [0.5, 0.6) is 0 Å². The molecule has 1 amide bonds. The van der Waals surface area contributed by atoms with Crippen LogP contribution < -0.4 is 5.32 Å². The summed E-state index contributed by atoms with van der Waals surface area (Å²) in [4.78, 5) is 15.4. The van der Waals surface area contributed by atoms with Crippen molar-refractivity contribution < 1.29 is 4.79 Å². The monoisotopic (exact) mass is 398 g/mol. The molecule has 1 aromatic carbocycles. The third-order valence-corrected chi connectivity index (χ3v) is 5.65. The number of rotatable bonds is 3. The van der Waals surface area contributed by atoms with Crippen LogP contribution in [-0.2, 0) is 0 Å². The zero-order chi connectivity index (χ0) is 17.1. The van der Waals surface area contributed by atoms with E-state index in [1.165, 1.54) is 11.8 Å². The van der Waals surface area contributed by atoms with E-state index in [4.69, 9.17) is 11.6 Å². The molecule has 2 heterocycles. The van der Waals surface area contributed by atoms with E-state index in [-0.39, 0.29) is 30.4 Å². The molecule has 1 aromatic heterocycles. The molecular formula is C17H20Cl2N4OS. The topological polar surface area (TPSA) is 58.1 Å². The molecule has 1 N–H and O–H groups in total. The lowest BCUT2D eigenvalue weighted by molar-refractivity contribution is 0.0595. The Balaban J connectivity index is 0.00000225. The fraction of sp³-hybridized carbons (Fsp3) is 0.353. The Morgan fingerprint density at radius 3 is 2.68 bits per heavy atom. The van der Waals surface area contributed by atoms with E-state index in [1.807, 2.05) is 42.2 Å². The lowest BCUT2D eigenvalue weighted by Gasteiger charge is -2.38. The van der Waals surface area contributed by atoms with Crippen molar-refractivity contribution in [2.45, 2.75) is 35.9 Å². The number of halogens is 2. The summed E-state index contributed by atoms with van der Waals surface area (Å²) in [5.41, 5.74) is 0.374. The molecule has 2 aromatic rings. The number of nitrogens with one attached hydrogen (secondary N) is 1. The van der Waals surface area contributed by atoms with Gasteiger partial charge in [0.25, 0.3) is 5.91 Å². The third kappa shape index (κ3) is 4.64. The molecule has 134 valence electrons. The largest absolute Gasteiger partial charge is 0.332 e. The van der Waals surface area contributed by atoms with Crippen molar-refractivity contribution in [2.24, 2.45) is 0 Å². The molecule has 2 atom stereocenters. The molecule has 0 radical (unpaired) electrons. The van der Waals surface area contributed by atoms with Gasteiger partial charge in [0.1, 0.15) is 5.03 Å². The number of amides is 1. The van der Waals surface area contributed by atoms with Crippen molar-refractivity contribution in [2.75, 3.05) is 13.1 Å². The van der Waals surface area contributed by atoms with Crippen molar-refractivity contribution in [3.05, 3.63) is 47.1 Å². The molecule has 3 rings (SSSR count). The predicted molar refractivity (Wildman–Crippen MR) is 103 cm³/mol. The van der Waals surface area contributed by atoms with E-state index in [0.29, 0.717) is 22.3 Å². The Morgan fingerprint density at radius 1 is 1.24 bits per heavy atom. The van der Waals surface area contributed by atoms with Crippen LogP contribution >= 0.6 is 35.8 Å². The maximum Gasteiger partial charge on any atom is 0.274 e. The van der Waals surface area contributed by atoms with Crippen molar-refractivity contribution in [3.8, 4) is 0 Å². The Labute approximate surface area is 162 Å². The van der Waals surface area contributed by atoms with Gasteiger partial charge < -0.3 is 10.2 Å². The summed E-state index contributed by atoms with van der Waals surface area (Å²) >= 11 is 7.58. The van der Waals surface area contributed by atoms with E-state index in [0.717, 1.165) is 11.4 Å². The van der Waals surface area contributed by atoms with Gasteiger partial charge in [-0.05, 0) is 38.1 Å². The quantitative estimate of drug-likeness (QED) is 0.856. The molecule has 1 aliphatic rings. The Kier molecular flexibility index (Phi) is 7.07. The second kappa shape index (κ2) is 8.85. The van der Waals surface area contributed by atoms with Gasteiger partial charge in [-0.2, -0.15) is 0 Å². The van der Waals surface area contributed by atoms with Crippen molar-refractivity contribution in [1.29, 1.82) is 0 Å². The Bertz CT molecular complexity index is 729. The van der Waals surface area contributed by atoms with Gasteiger partial charge in [0.15, 0.2) is 5.69 Å². The summed E-state index contributed by atoms with van der Waals surface area (Å²) in [6.07, 6.45) is 0. The van der Waals surface area contributed by atoms with Gasteiger partial charge in [0.05, 0.1) is 5.02 Å². The first-order chi connectivity index (χ1) is 11.6. The number of aromatic nitrogens is 2. The van der Waals surface area contributed by atoms with Crippen LogP contribution in [0.25, 0.3) is 0 Å². The van der Waals surface area contributed by atoms with E-state index >= 15 is 0 Å². The summed E-state index contributed by atoms with van der Waals surface area (Å²) in [5.74, 6) is -0.0716. The molecule has 2 unspecified atom stereocenters. The van der Waals surface area contributed by atoms with Crippen LogP contribution in [0.4, 0.5) is 0 Å². The van der Waals surface area contributed by atoms with Crippen molar-refractivity contribution in [3.63, 3.8) is 0 Å². The maximum absolute atomic E-state index is 12.6. The molecule has 0 saturated carbocycles. The van der Waals surface area contributed by atoms with Gasteiger partial charge in [0, 0.05) is 30.1 Å². The van der Waals surface area contributed by atoms with Gasteiger partial charge in [0.2, 0.25) is 0 Å². The number of hydrogen-bond acceptors (Lipinski definition) is 5. The lowest BCUT2D eigenvalue weighted by Crippen LogP contribution is -2.57. The molecule has 1 aliphatic heterocycles. The SMILES string of the molecule is CC1NCCN(C(=O)c2ccc(Sc3ccccc3Cl)nn2)C1C.Cl. The molecule has 1 fully saturated rings. The highest BCUT2D eigenvalue weighted by Crippen LogP contribution is 2.31. The third-order valence-electron chi connectivity index (χ3n) is 4.21. The maximum atomic E-state index is 12.6. The summed E-state index contributed by atoms with van der Waals surface area (Å²) < 4.78 is 0. The standard InChI is InChI=1S/C17H19ClN4OS.ClH/c1-11-12(2)22(10-9-19-11)17(23)14-7-8-16(21-20-14)24-15-6-4-3-5-13(15)18;/h3-8,11-12,19H,9-10H2,1-2H3;1H. The summed E-state index contributed by atoms with van der Waals surface area (Å²) in [6, 6.07) is 11.5. The van der Waals surface area contributed by atoms with Gasteiger partial charge >= 0.3 is 0 Å². The van der Waals surface area contributed by atoms with Crippen LogP contribution in [0.1, 0.15) is 24.3 Å². The predicted octanol–water partition coefficient (Wildman–Crippen LogP) is 3.53. The second-order valence-electron chi connectivity index (χ2n) is 5.77. The molecule has 8 heteroatoms. The van der Waals surface area contributed by atoms with Gasteiger partial charge in [-0.3, -0.25) is 4.79 Å². The lowest BCUT2D eigenvalue weighted by atomic mass is 10.1. The van der Waals surface area contributed by atoms with E-state index in [1.54, 1.807) is 6.07 Å².